The van der Waals surface area contributed by atoms with Gasteiger partial charge in [-0.2, -0.15) is 0 Å². The number of hydrogen-bond acceptors (Lipinski definition) is 2. The molecule has 0 aromatic rings. The van der Waals surface area contributed by atoms with Crippen LogP contribution in [0.2, 0.25) is 6.04 Å². The van der Waals surface area contributed by atoms with Gasteiger partial charge >= 0.3 is 0 Å². The van der Waals surface area contributed by atoms with Crippen LogP contribution in [-0.2, 0) is 0 Å². The summed E-state index contributed by atoms with van der Waals surface area (Å²) in [5, 5.41) is 0. The van der Waals surface area contributed by atoms with Crippen LogP contribution in [0.4, 0.5) is 0 Å². The Morgan fingerprint density at radius 3 is 2.27 bits per heavy atom. The van der Waals surface area contributed by atoms with Gasteiger partial charge in [0.05, 0.1) is 0 Å². The molecule has 0 heterocycles. The van der Waals surface area contributed by atoms with E-state index in [4.69, 9.17) is 0 Å². The maximum atomic E-state index is 3.58. The maximum absolute atomic E-state index is 3.58. The van der Waals surface area contributed by atoms with Gasteiger partial charge in [-0.25, -0.2) is 0 Å². The molecule has 0 aromatic carbocycles. The highest BCUT2D eigenvalue weighted by Gasteiger charge is 2.10. The lowest BCUT2D eigenvalue weighted by atomic mass is 10.4. The van der Waals surface area contributed by atoms with Gasteiger partial charge in [0, 0.05) is 0 Å². The van der Waals surface area contributed by atoms with Gasteiger partial charge in [0.25, 0.3) is 0 Å². The number of unbranched alkanes of at least 4 members (excludes halogenated alkanes) is 1. The average molecular weight is 174 g/mol. The van der Waals surface area contributed by atoms with E-state index in [1.54, 1.807) is 0 Å². The van der Waals surface area contributed by atoms with Gasteiger partial charge in [-0.15, -0.1) is 0 Å². The molecule has 11 heavy (non-hydrogen) atoms. The Morgan fingerprint density at radius 1 is 1.27 bits per heavy atom. The SMILES string of the molecule is CCCC[SiH](NCC)N(C)C. The van der Waals surface area contributed by atoms with Gasteiger partial charge in [-0.1, -0.05) is 26.7 Å². The van der Waals surface area contributed by atoms with Gasteiger partial charge in [0.2, 0.25) is 0 Å². The Labute approximate surface area is 72.7 Å². The molecule has 3 heteroatoms. The van der Waals surface area contributed by atoms with Crippen molar-refractivity contribution in [3.63, 3.8) is 0 Å². The predicted molar refractivity (Wildman–Crippen MR) is 54.2 cm³/mol. The zero-order valence-electron chi connectivity index (χ0n) is 8.35. The fourth-order valence-corrected chi connectivity index (χ4v) is 3.53. The van der Waals surface area contributed by atoms with E-state index in [1.165, 1.54) is 18.9 Å². The number of hydrogen-bond donors (Lipinski definition) is 1. The third kappa shape index (κ3) is 5.41. The predicted octanol–water partition coefficient (Wildman–Crippen LogP) is 1.18. The molecule has 0 spiro atoms. The van der Waals surface area contributed by atoms with E-state index in [1.807, 2.05) is 0 Å². The van der Waals surface area contributed by atoms with Crippen molar-refractivity contribution in [1.82, 2.24) is 9.55 Å². The summed E-state index contributed by atoms with van der Waals surface area (Å²) in [5.41, 5.74) is 0. The molecule has 0 aromatic heterocycles. The highest BCUT2D eigenvalue weighted by Crippen LogP contribution is 2.00. The third-order valence-electron chi connectivity index (χ3n) is 1.89. The summed E-state index contributed by atoms with van der Waals surface area (Å²) in [6.07, 6.45) is 2.70. The van der Waals surface area contributed by atoms with E-state index in [2.05, 4.69) is 37.5 Å². The first-order valence-electron chi connectivity index (χ1n) is 4.62. The quantitative estimate of drug-likeness (QED) is 0.608. The molecule has 0 amide bonds. The van der Waals surface area contributed by atoms with E-state index >= 15 is 0 Å². The second kappa shape index (κ2) is 6.82. The second-order valence-electron chi connectivity index (χ2n) is 3.18. The monoisotopic (exact) mass is 174 g/mol. The zero-order valence-corrected chi connectivity index (χ0v) is 9.51. The Kier molecular flexibility index (Phi) is 6.91. The zero-order chi connectivity index (χ0) is 8.69. The molecule has 0 saturated carbocycles. The lowest BCUT2D eigenvalue weighted by Crippen LogP contribution is -2.46. The van der Waals surface area contributed by atoms with Crippen LogP contribution in [0.5, 0.6) is 0 Å². The van der Waals surface area contributed by atoms with E-state index in [-0.39, 0.29) is 0 Å². The van der Waals surface area contributed by atoms with Gasteiger partial charge < -0.3 is 9.55 Å². The van der Waals surface area contributed by atoms with Crippen molar-refractivity contribution in [2.45, 2.75) is 32.7 Å². The lowest BCUT2D eigenvalue weighted by Gasteiger charge is -2.22. The minimum Gasteiger partial charge on any atom is -0.328 e. The Bertz CT molecular complexity index is 86.2. The van der Waals surface area contributed by atoms with Crippen LogP contribution >= 0.6 is 0 Å². The number of nitrogens with one attached hydrogen (secondary N) is 1. The van der Waals surface area contributed by atoms with Crippen LogP contribution in [0.25, 0.3) is 0 Å². The first-order chi connectivity index (χ1) is 5.22. The van der Waals surface area contributed by atoms with Crippen LogP contribution in [-0.4, -0.2) is 34.3 Å². The Balaban J connectivity index is 3.51. The van der Waals surface area contributed by atoms with Crippen molar-refractivity contribution >= 4 is 9.12 Å². The van der Waals surface area contributed by atoms with Crippen LogP contribution in [0, 0.1) is 0 Å². The van der Waals surface area contributed by atoms with Crippen molar-refractivity contribution < 1.29 is 0 Å². The summed E-state index contributed by atoms with van der Waals surface area (Å²) < 4.78 is 2.39. The molecule has 1 unspecified atom stereocenters. The molecule has 0 fully saturated rings. The number of nitrogens with zero attached hydrogens (tertiary/aromatic N) is 1. The van der Waals surface area contributed by atoms with E-state index in [9.17, 15) is 0 Å². The summed E-state index contributed by atoms with van der Waals surface area (Å²) in [4.78, 5) is 3.58. The van der Waals surface area contributed by atoms with Crippen LogP contribution in [0.15, 0.2) is 0 Å². The minimum absolute atomic E-state index is 0.741. The molecule has 0 aliphatic rings. The molecule has 0 radical (unpaired) electrons. The third-order valence-corrected chi connectivity index (χ3v) is 4.98. The van der Waals surface area contributed by atoms with Gasteiger partial charge in [-0.05, 0) is 26.7 Å². The van der Waals surface area contributed by atoms with E-state index in [0.29, 0.717) is 0 Å². The summed E-state index contributed by atoms with van der Waals surface area (Å²) in [6, 6.07) is 1.40. The van der Waals surface area contributed by atoms with E-state index in [0.717, 1.165) is 6.54 Å². The van der Waals surface area contributed by atoms with Crippen LogP contribution < -0.4 is 4.98 Å². The second-order valence-corrected chi connectivity index (χ2v) is 6.23. The van der Waals surface area contributed by atoms with Crippen molar-refractivity contribution in [1.29, 1.82) is 0 Å². The van der Waals surface area contributed by atoms with Crippen molar-refractivity contribution in [3.8, 4) is 0 Å². The minimum atomic E-state index is -0.741. The standard InChI is InChI=1S/C8H22N2Si/c1-5-7-8-11(9-6-2)10(3)4/h9,11H,5-8H2,1-4H3. The number of rotatable bonds is 6. The molecule has 0 rings (SSSR count). The topological polar surface area (TPSA) is 15.3 Å². The molecule has 0 bridgehead atoms. The van der Waals surface area contributed by atoms with Gasteiger partial charge in [0.15, 0.2) is 9.12 Å². The molecule has 2 nitrogen and oxygen atoms in total. The summed E-state index contributed by atoms with van der Waals surface area (Å²) in [7, 11) is 3.64. The largest absolute Gasteiger partial charge is 0.328 e. The molecule has 0 aliphatic carbocycles. The fraction of sp³-hybridized carbons (Fsp3) is 1.00. The summed E-state index contributed by atoms with van der Waals surface area (Å²) >= 11 is 0. The highest BCUT2D eigenvalue weighted by molar-refractivity contribution is 6.52. The van der Waals surface area contributed by atoms with Crippen molar-refractivity contribution in [2.24, 2.45) is 0 Å². The normalized spacial score (nSPS) is 13.9. The van der Waals surface area contributed by atoms with Crippen LogP contribution in [0.1, 0.15) is 26.7 Å². The molecular weight excluding hydrogens is 152 g/mol. The lowest BCUT2D eigenvalue weighted by molar-refractivity contribution is 0.605. The molecule has 0 aliphatic heterocycles. The molecular formula is C8H22N2Si. The van der Waals surface area contributed by atoms with Gasteiger partial charge in [-0.3, -0.25) is 0 Å². The smallest absolute Gasteiger partial charge is 0.186 e. The highest BCUT2D eigenvalue weighted by atomic mass is 28.3. The maximum Gasteiger partial charge on any atom is 0.186 e. The average Bonchev–Trinajstić information content (AvgIpc) is 1.97. The first kappa shape index (κ1) is 11.1. The molecule has 0 saturated heterocycles. The summed E-state index contributed by atoms with van der Waals surface area (Å²) in [5.74, 6) is 0. The van der Waals surface area contributed by atoms with Crippen molar-refractivity contribution in [2.75, 3.05) is 20.6 Å². The molecule has 1 N–H and O–H groups in total. The van der Waals surface area contributed by atoms with Crippen LogP contribution in [0.3, 0.4) is 0 Å². The first-order valence-corrected chi connectivity index (χ1v) is 6.53. The molecule has 68 valence electrons. The van der Waals surface area contributed by atoms with Crippen molar-refractivity contribution in [3.05, 3.63) is 0 Å². The molecule has 1 atom stereocenters. The van der Waals surface area contributed by atoms with E-state index < -0.39 is 9.12 Å². The van der Waals surface area contributed by atoms with Gasteiger partial charge in [0.1, 0.15) is 0 Å². The Hall–Kier alpha value is 0.137. The Morgan fingerprint density at radius 2 is 1.91 bits per heavy atom. The fourth-order valence-electron chi connectivity index (χ4n) is 1.18. The summed E-state index contributed by atoms with van der Waals surface area (Å²) in [6.45, 7) is 5.57.